The van der Waals surface area contributed by atoms with Gasteiger partial charge in [-0.1, -0.05) is 0 Å². The van der Waals surface area contributed by atoms with Crippen molar-refractivity contribution in [3.8, 4) is 0 Å². The highest BCUT2D eigenvalue weighted by molar-refractivity contribution is 7.90. The second-order valence-corrected chi connectivity index (χ2v) is 5.87. The van der Waals surface area contributed by atoms with E-state index in [-0.39, 0.29) is 11.5 Å². The smallest absolute Gasteiger partial charge is 0.156 e. The summed E-state index contributed by atoms with van der Waals surface area (Å²) in [6.07, 6.45) is 0.491. The van der Waals surface area contributed by atoms with Gasteiger partial charge in [-0.25, -0.2) is 18.4 Å². The topological polar surface area (TPSA) is 85.9 Å². The molecule has 2 N–H and O–H groups in total. The Kier molecular flexibility index (Phi) is 2.47. The molecule has 1 aliphatic heterocycles. The van der Waals surface area contributed by atoms with E-state index < -0.39 is 9.84 Å². The molecule has 1 aliphatic rings. The Hall–Kier alpha value is -1.01. The number of rotatable bonds is 1. The molecule has 0 fully saturated rings. The zero-order chi connectivity index (χ0) is 11.1. The molecule has 1 aromatic heterocycles. The normalized spacial score (nSPS) is 18.5. The van der Waals surface area contributed by atoms with Gasteiger partial charge in [0, 0.05) is 6.54 Å². The van der Waals surface area contributed by atoms with Crippen LogP contribution in [-0.4, -0.2) is 24.1 Å². The van der Waals surface area contributed by atoms with Gasteiger partial charge in [-0.2, -0.15) is 0 Å². The van der Waals surface area contributed by atoms with Crippen LogP contribution in [0.4, 0.5) is 0 Å². The summed E-state index contributed by atoms with van der Waals surface area (Å²) in [4.78, 5) is 8.39. The molecular formula is C9H13N3O2S. The molecule has 0 aliphatic carbocycles. The molecule has 0 spiro atoms. The first-order valence-corrected chi connectivity index (χ1v) is 6.60. The Morgan fingerprint density at radius 2 is 2.13 bits per heavy atom. The van der Waals surface area contributed by atoms with Gasteiger partial charge in [-0.3, -0.25) is 0 Å². The van der Waals surface area contributed by atoms with Crippen LogP contribution < -0.4 is 5.73 Å². The first-order chi connectivity index (χ1) is 7.02. The van der Waals surface area contributed by atoms with Crippen LogP contribution >= 0.6 is 0 Å². The third-order valence-corrected chi connectivity index (χ3v) is 4.04. The summed E-state index contributed by atoms with van der Waals surface area (Å²) in [6, 6.07) is 0. The van der Waals surface area contributed by atoms with Gasteiger partial charge in [0.1, 0.15) is 5.82 Å². The first kappa shape index (κ1) is 10.5. The quantitative estimate of drug-likeness (QED) is 0.712. The minimum atomic E-state index is -2.97. The summed E-state index contributed by atoms with van der Waals surface area (Å²) >= 11 is 0. The maximum Gasteiger partial charge on any atom is 0.156 e. The fourth-order valence-corrected chi connectivity index (χ4v) is 3.15. The molecule has 82 valence electrons. The second-order valence-electron chi connectivity index (χ2n) is 3.69. The van der Waals surface area contributed by atoms with Gasteiger partial charge in [0.05, 0.1) is 22.9 Å². The van der Waals surface area contributed by atoms with E-state index in [2.05, 4.69) is 9.97 Å². The number of hydrogen-bond acceptors (Lipinski definition) is 5. The first-order valence-electron chi connectivity index (χ1n) is 4.77. The van der Waals surface area contributed by atoms with E-state index in [1.165, 1.54) is 0 Å². The van der Waals surface area contributed by atoms with Gasteiger partial charge in [-0.15, -0.1) is 0 Å². The summed E-state index contributed by atoms with van der Waals surface area (Å²) < 4.78 is 22.9. The van der Waals surface area contributed by atoms with Crippen LogP contribution in [0.2, 0.25) is 0 Å². The van der Waals surface area contributed by atoms with E-state index >= 15 is 0 Å². The maximum atomic E-state index is 11.4. The molecule has 0 saturated heterocycles. The molecule has 0 bridgehead atoms. The van der Waals surface area contributed by atoms with E-state index in [4.69, 9.17) is 5.73 Å². The SMILES string of the molecule is Cc1nc(CN)c2c(n1)CS(=O)(=O)CC2. The average molecular weight is 227 g/mol. The van der Waals surface area contributed by atoms with Crippen molar-refractivity contribution in [1.29, 1.82) is 0 Å². The second kappa shape index (κ2) is 3.53. The monoisotopic (exact) mass is 227 g/mol. The van der Waals surface area contributed by atoms with Crippen LogP contribution in [0.15, 0.2) is 0 Å². The van der Waals surface area contributed by atoms with Crippen LogP contribution in [0.1, 0.15) is 22.8 Å². The Balaban J connectivity index is 2.56. The van der Waals surface area contributed by atoms with Gasteiger partial charge in [0.25, 0.3) is 0 Å². The van der Waals surface area contributed by atoms with E-state index in [1.807, 2.05) is 0 Å². The lowest BCUT2D eigenvalue weighted by Crippen LogP contribution is -2.23. The third kappa shape index (κ3) is 2.00. The molecule has 0 amide bonds. The van der Waals surface area contributed by atoms with Gasteiger partial charge in [0.2, 0.25) is 0 Å². The van der Waals surface area contributed by atoms with Crippen molar-refractivity contribution in [2.75, 3.05) is 5.75 Å². The molecule has 5 nitrogen and oxygen atoms in total. The summed E-state index contributed by atoms with van der Waals surface area (Å²) in [5.41, 5.74) is 7.92. The number of aromatic nitrogens is 2. The van der Waals surface area contributed by atoms with Crippen molar-refractivity contribution in [3.63, 3.8) is 0 Å². The fraction of sp³-hybridized carbons (Fsp3) is 0.556. The molecule has 0 saturated carbocycles. The average Bonchev–Trinajstić information content (AvgIpc) is 2.14. The number of fused-ring (bicyclic) bond motifs is 1. The van der Waals surface area contributed by atoms with Crippen molar-refractivity contribution in [2.24, 2.45) is 5.73 Å². The van der Waals surface area contributed by atoms with Crippen molar-refractivity contribution in [2.45, 2.75) is 25.6 Å². The minimum absolute atomic E-state index is 0.0265. The zero-order valence-electron chi connectivity index (χ0n) is 8.52. The van der Waals surface area contributed by atoms with Crippen LogP contribution in [0.5, 0.6) is 0 Å². The Morgan fingerprint density at radius 1 is 1.40 bits per heavy atom. The van der Waals surface area contributed by atoms with Crippen molar-refractivity contribution in [3.05, 3.63) is 22.8 Å². The highest BCUT2D eigenvalue weighted by Gasteiger charge is 2.25. The van der Waals surface area contributed by atoms with Gasteiger partial charge < -0.3 is 5.73 Å². The van der Waals surface area contributed by atoms with Gasteiger partial charge >= 0.3 is 0 Å². The summed E-state index contributed by atoms with van der Waals surface area (Å²) in [5, 5.41) is 0. The van der Waals surface area contributed by atoms with Crippen molar-refractivity contribution in [1.82, 2.24) is 9.97 Å². The molecule has 0 atom stereocenters. The molecule has 15 heavy (non-hydrogen) atoms. The van der Waals surface area contributed by atoms with Crippen LogP contribution in [0, 0.1) is 6.92 Å². The van der Waals surface area contributed by atoms with Crippen molar-refractivity contribution >= 4 is 9.84 Å². The van der Waals surface area contributed by atoms with Crippen LogP contribution in [0.25, 0.3) is 0 Å². The molecule has 2 heterocycles. The van der Waals surface area contributed by atoms with E-state index in [1.54, 1.807) is 6.92 Å². The Bertz CT molecular complexity index is 496. The number of hydrogen-bond donors (Lipinski definition) is 1. The number of nitrogens with zero attached hydrogens (tertiary/aromatic N) is 2. The Labute approximate surface area is 88.7 Å². The van der Waals surface area contributed by atoms with E-state index in [9.17, 15) is 8.42 Å². The van der Waals surface area contributed by atoms with Gasteiger partial charge in [0.15, 0.2) is 9.84 Å². The maximum absolute atomic E-state index is 11.4. The third-order valence-electron chi connectivity index (χ3n) is 2.50. The van der Waals surface area contributed by atoms with Crippen molar-refractivity contribution < 1.29 is 8.42 Å². The molecule has 0 unspecified atom stereocenters. The zero-order valence-corrected chi connectivity index (χ0v) is 9.34. The molecular weight excluding hydrogens is 214 g/mol. The predicted molar refractivity (Wildman–Crippen MR) is 55.9 cm³/mol. The molecule has 1 aromatic rings. The highest BCUT2D eigenvalue weighted by Crippen LogP contribution is 2.21. The molecule has 6 heteroatoms. The lowest BCUT2D eigenvalue weighted by molar-refractivity contribution is 0.589. The Morgan fingerprint density at radius 3 is 2.80 bits per heavy atom. The van der Waals surface area contributed by atoms with Gasteiger partial charge in [-0.05, 0) is 18.9 Å². The van der Waals surface area contributed by atoms with E-state index in [0.29, 0.717) is 24.5 Å². The number of aryl methyl sites for hydroxylation is 1. The summed E-state index contributed by atoms with van der Waals surface area (Å²) in [7, 11) is -2.97. The molecule has 2 rings (SSSR count). The minimum Gasteiger partial charge on any atom is -0.325 e. The number of nitrogens with two attached hydrogens (primary N) is 1. The predicted octanol–water partition coefficient (Wildman–Crippen LogP) is -0.285. The van der Waals surface area contributed by atoms with Crippen LogP contribution in [0.3, 0.4) is 0 Å². The fourth-order valence-electron chi connectivity index (χ4n) is 1.83. The summed E-state index contributed by atoms with van der Waals surface area (Å²) in [6.45, 7) is 2.09. The summed E-state index contributed by atoms with van der Waals surface area (Å²) in [5.74, 6) is 0.796. The standard InChI is InChI=1S/C9H13N3O2S/c1-6-11-8(4-10)7-2-3-15(13,14)5-9(7)12-6/h2-5,10H2,1H3. The lowest BCUT2D eigenvalue weighted by atomic mass is 10.1. The molecule has 0 radical (unpaired) electrons. The highest BCUT2D eigenvalue weighted by atomic mass is 32.2. The number of sulfone groups is 1. The van der Waals surface area contributed by atoms with Crippen LogP contribution in [-0.2, 0) is 28.6 Å². The van der Waals surface area contributed by atoms with E-state index in [0.717, 1.165) is 11.3 Å². The lowest BCUT2D eigenvalue weighted by Gasteiger charge is -2.18. The molecule has 0 aromatic carbocycles. The largest absolute Gasteiger partial charge is 0.325 e.